The van der Waals surface area contributed by atoms with Crippen LogP contribution in [-0.4, -0.2) is 0 Å². The molecule has 0 N–H and O–H groups in total. The van der Waals surface area contributed by atoms with E-state index in [9.17, 15) is 0 Å². The van der Waals surface area contributed by atoms with Crippen LogP contribution in [0, 0.1) is 0 Å². The van der Waals surface area contributed by atoms with Gasteiger partial charge in [-0.15, -0.1) is 11.3 Å². The van der Waals surface area contributed by atoms with Crippen LogP contribution in [0.5, 0.6) is 0 Å². The van der Waals surface area contributed by atoms with Gasteiger partial charge >= 0.3 is 0 Å². The van der Waals surface area contributed by atoms with Crippen LogP contribution in [0.1, 0.15) is 0 Å². The molecule has 202 valence electrons. The van der Waals surface area contributed by atoms with Gasteiger partial charge in [0, 0.05) is 36.6 Å². The lowest BCUT2D eigenvalue weighted by atomic mass is 9.96. The van der Waals surface area contributed by atoms with E-state index in [1.807, 2.05) is 17.4 Å². The summed E-state index contributed by atoms with van der Waals surface area (Å²) in [5, 5.41) is 7.26. The molecule has 0 aliphatic rings. The Balaban J connectivity index is 1.37. The van der Waals surface area contributed by atoms with E-state index in [0.29, 0.717) is 0 Å². The topological polar surface area (TPSA) is 16.4 Å². The van der Waals surface area contributed by atoms with Crippen molar-refractivity contribution >= 4 is 81.3 Å². The van der Waals surface area contributed by atoms with Gasteiger partial charge in [0.05, 0.1) is 16.8 Å². The Morgan fingerprint density at radius 1 is 0.442 bits per heavy atom. The third kappa shape index (κ3) is 3.79. The van der Waals surface area contributed by atoms with Crippen LogP contribution >= 0.6 is 11.3 Å². The number of anilines is 3. The minimum absolute atomic E-state index is 0.886. The van der Waals surface area contributed by atoms with Gasteiger partial charge in [-0.25, -0.2) is 0 Å². The predicted molar refractivity (Wildman–Crippen MR) is 184 cm³/mol. The molecule has 0 radical (unpaired) electrons. The van der Waals surface area contributed by atoms with Crippen LogP contribution in [0.25, 0.3) is 64.0 Å². The van der Waals surface area contributed by atoms with Crippen molar-refractivity contribution in [3.8, 4) is 11.1 Å². The normalized spacial score (nSPS) is 11.7. The van der Waals surface area contributed by atoms with Crippen LogP contribution in [0.15, 0.2) is 156 Å². The van der Waals surface area contributed by atoms with Crippen molar-refractivity contribution in [1.82, 2.24) is 0 Å². The molecule has 2 aromatic heterocycles. The number of benzene rings is 7. The number of furan rings is 1. The van der Waals surface area contributed by atoms with Gasteiger partial charge in [-0.05, 0) is 59.0 Å². The number of fused-ring (bicyclic) bond motifs is 7. The average molecular weight is 568 g/mol. The number of hydrogen-bond acceptors (Lipinski definition) is 3. The summed E-state index contributed by atoms with van der Waals surface area (Å²) < 4.78 is 8.95. The number of para-hydroxylation sites is 1. The minimum Gasteiger partial charge on any atom is -0.456 e. The zero-order valence-corrected chi connectivity index (χ0v) is 24.0. The van der Waals surface area contributed by atoms with Crippen LogP contribution in [0.4, 0.5) is 17.1 Å². The Kier molecular flexibility index (Phi) is 5.40. The molecule has 43 heavy (non-hydrogen) atoms. The average Bonchev–Trinajstić information content (AvgIpc) is 3.64. The summed E-state index contributed by atoms with van der Waals surface area (Å²) in [5.41, 5.74) is 7.58. The summed E-state index contributed by atoms with van der Waals surface area (Å²) in [6.45, 7) is 0. The lowest BCUT2D eigenvalue weighted by Gasteiger charge is -2.28. The second kappa shape index (κ2) is 9.59. The fraction of sp³-hybridized carbons (Fsp3) is 0. The molecule has 0 fully saturated rings. The molecule has 7 aromatic carbocycles. The van der Waals surface area contributed by atoms with Gasteiger partial charge in [0.25, 0.3) is 0 Å². The second-order valence-corrected chi connectivity index (χ2v) is 12.0. The van der Waals surface area contributed by atoms with Crippen LogP contribution in [0.3, 0.4) is 0 Å². The minimum atomic E-state index is 0.886. The van der Waals surface area contributed by atoms with E-state index in [1.54, 1.807) is 0 Å². The fourth-order valence-electron chi connectivity index (χ4n) is 6.55. The predicted octanol–water partition coefficient (Wildman–Crippen LogP) is 12.2. The Morgan fingerprint density at radius 3 is 2.02 bits per heavy atom. The van der Waals surface area contributed by atoms with E-state index in [1.165, 1.54) is 42.1 Å². The Hall–Kier alpha value is -5.38. The number of rotatable bonds is 4. The number of thiophene rings is 1. The highest BCUT2D eigenvalue weighted by Gasteiger charge is 2.22. The lowest BCUT2D eigenvalue weighted by molar-refractivity contribution is 0.669. The molecule has 9 rings (SSSR count). The molecule has 0 aliphatic carbocycles. The Morgan fingerprint density at radius 2 is 1.14 bits per heavy atom. The molecule has 0 saturated heterocycles. The highest BCUT2D eigenvalue weighted by molar-refractivity contribution is 7.25. The molecule has 0 saturated carbocycles. The summed E-state index contributed by atoms with van der Waals surface area (Å²) in [6.07, 6.45) is 0. The van der Waals surface area contributed by atoms with Crippen molar-refractivity contribution in [2.45, 2.75) is 0 Å². The summed E-state index contributed by atoms with van der Waals surface area (Å²) in [4.78, 5) is 2.42. The summed E-state index contributed by atoms with van der Waals surface area (Å²) in [7, 11) is 0. The smallest absolute Gasteiger partial charge is 0.137 e. The zero-order chi connectivity index (χ0) is 28.3. The van der Waals surface area contributed by atoms with Gasteiger partial charge < -0.3 is 9.32 Å². The molecule has 0 unspecified atom stereocenters. The van der Waals surface area contributed by atoms with Crippen molar-refractivity contribution in [2.24, 2.45) is 0 Å². The highest BCUT2D eigenvalue weighted by Crippen LogP contribution is 2.47. The third-order valence-electron chi connectivity index (χ3n) is 8.47. The monoisotopic (exact) mass is 567 g/mol. The SMILES string of the molecule is c1ccc(-c2ccc(N(c3ccc4c(c3)sc3ccccc34)c3cccc4oc5ccccc5c34)c3ccccc23)cc1. The van der Waals surface area contributed by atoms with Crippen molar-refractivity contribution < 1.29 is 4.42 Å². The number of nitrogens with zero attached hydrogens (tertiary/aromatic N) is 1. The Bertz CT molecular complexity index is 2470. The maximum absolute atomic E-state index is 6.36. The first kappa shape index (κ1) is 24.2. The van der Waals surface area contributed by atoms with Gasteiger partial charge in [-0.3, -0.25) is 0 Å². The first-order valence-electron chi connectivity index (χ1n) is 14.5. The van der Waals surface area contributed by atoms with E-state index >= 15 is 0 Å². The first-order chi connectivity index (χ1) is 21.3. The van der Waals surface area contributed by atoms with E-state index in [0.717, 1.165) is 39.0 Å². The molecule has 0 aliphatic heterocycles. The number of hydrogen-bond donors (Lipinski definition) is 0. The van der Waals surface area contributed by atoms with E-state index in [4.69, 9.17) is 4.42 Å². The first-order valence-corrected chi connectivity index (χ1v) is 15.3. The van der Waals surface area contributed by atoms with Gasteiger partial charge in [0.1, 0.15) is 11.2 Å². The van der Waals surface area contributed by atoms with Crippen LogP contribution in [-0.2, 0) is 0 Å². The lowest BCUT2D eigenvalue weighted by Crippen LogP contribution is -2.11. The molecule has 9 aromatic rings. The third-order valence-corrected chi connectivity index (χ3v) is 9.60. The molecular formula is C40H25NOS. The quantitative estimate of drug-likeness (QED) is 0.210. The van der Waals surface area contributed by atoms with E-state index < -0.39 is 0 Å². The molecular weight excluding hydrogens is 543 g/mol. The molecule has 2 heterocycles. The summed E-state index contributed by atoms with van der Waals surface area (Å²) in [6, 6.07) is 54.3. The zero-order valence-electron chi connectivity index (χ0n) is 23.2. The van der Waals surface area contributed by atoms with Crippen LogP contribution in [0.2, 0.25) is 0 Å². The summed E-state index contributed by atoms with van der Waals surface area (Å²) >= 11 is 1.85. The van der Waals surface area contributed by atoms with Crippen molar-refractivity contribution in [3.63, 3.8) is 0 Å². The maximum atomic E-state index is 6.36. The van der Waals surface area contributed by atoms with Crippen molar-refractivity contribution in [3.05, 3.63) is 152 Å². The van der Waals surface area contributed by atoms with Gasteiger partial charge in [0.15, 0.2) is 0 Å². The molecule has 0 spiro atoms. The van der Waals surface area contributed by atoms with Gasteiger partial charge in [0.2, 0.25) is 0 Å². The molecule has 0 atom stereocenters. The molecule has 0 amide bonds. The van der Waals surface area contributed by atoms with E-state index in [2.05, 4.69) is 150 Å². The summed E-state index contributed by atoms with van der Waals surface area (Å²) in [5.74, 6) is 0. The molecule has 0 bridgehead atoms. The Labute approximate surface area is 252 Å². The van der Waals surface area contributed by atoms with Crippen molar-refractivity contribution in [1.29, 1.82) is 0 Å². The largest absolute Gasteiger partial charge is 0.456 e. The van der Waals surface area contributed by atoms with Gasteiger partial charge in [-0.1, -0.05) is 109 Å². The van der Waals surface area contributed by atoms with Gasteiger partial charge in [-0.2, -0.15) is 0 Å². The van der Waals surface area contributed by atoms with Crippen molar-refractivity contribution in [2.75, 3.05) is 4.90 Å². The fourth-order valence-corrected chi connectivity index (χ4v) is 7.69. The molecule has 2 nitrogen and oxygen atoms in total. The molecule has 3 heteroatoms. The maximum Gasteiger partial charge on any atom is 0.137 e. The second-order valence-electron chi connectivity index (χ2n) is 10.9. The van der Waals surface area contributed by atoms with Crippen LogP contribution < -0.4 is 4.90 Å². The van der Waals surface area contributed by atoms with E-state index in [-0.39, 0.29) is 0 Å². The standard InChI is InChI=1S/C40H25NOS/c1-2-11-26(12-3-1)28-23-24-34(30-14-5-4-13-29(28)30)41(27-21-22-32-31-15-7-9-20-38(31)43-39(32)25-27)35-17-10-19-37-40(35)33-16-6-8-18-36(33)42-37/h1-25H. The highest BCUT2D eigenvalue weighted by atomic mass is 32.1.